The third-order valence-electron chi connectivity index (χ3n) is 5.65. The topological polar surface area (TPSA) is 104 Å². The summed E-state index contributed by atoms with van der Waals surface area (Å²) in [5.74, 6) is 0.749. The van der Waals surface area contributed by atoms with Crippen molar-refractivity contribution in [3.8, 4) is 29.1 Å². The third kappa shape index (κ3) is 4.97. The first-order chi connectivity index (χ1) is 16.9. The zero-order valence-corrected chi connectivity index (χ0v) is 19.6. The minimum Gasteiger partial charge on any atom is -0.497 e. The summed E-state index contributed by atoms with van der Waals surface area (Å²) in [6.07, 6.45) is 3.04. The van der Waals surface area contributed by atoms with Gasteiger partial charge in [-0.15, -0.1) is 0 Å². The van der Waals surface area contributed by atoms with Crippen LogP contribution in [0.4, 0.5) is 0 Å². The van der Waals surface area contributed by atoms with E-state index in [1.807, 2.05) is 37.3 Å². The maximum Gasteiger partial charge on any atom is 0.336 e. The van der Waals surface area contributed by atoms with E-state index in [4.69, 9.17) is 24.7 Å². The van der Waals surface area contributed by atoms with Gasteiger partial charge in [0.15, 0.2) is 0 Å². The molecular formula is C28H24N2O5. The number of rotatable bonds is 6. The van der Waals surface area contributed by atoms with Gasteiger partial charge >= 0.3 is 5.97 Å². The van der Waals surface area contributed by atoms with Crippen molar-refractivity contribution in [2.75, 3.05) is 14.2 Å². The van der Waals surface area contributed by atoms with Crippen molar-refractivity contribution in [3.63, 3.8) is 0 Å². The van der Waals surface area contributed by atoms with E-state index in [-0.39, 0.29) is 17.2 Å². The SMILES string of the molecule is COc1ccc(C2C(C#N)=C(N)Oc3cc(OC(=O)/C=C/c4ccc(C)cc4)ccc32)c(OC)c1. The highest BCUT2D eigenvalue weighted by molar-refractivity contribution is 5.88. The Labute approximate surface area is 203 Å². The predicted octanol–water partition coefficient (Wildman–Crippen LogP) is 4.85. The molecule has 0 fully saturated rings. The van der Waals surface area contributed by atoms with Crippen molar-refractivity contribution in [2.45, 2.75) is 12.8 Å². The summed E-state index contributed by atoms with van der Waals surface area (Å²) in [6, 6.07) is 20.3. The van der Waals surface area contributed by atoms with E-state index in [0.29, 0.717) is 22.8 Å². The van der Waals surface area contributed by atoms with Crippen LogP contribution >= 0.6 is 0 Å². The maximum absolute atomic E-state index is 12.4. The second-order valence-electron chi connectivity index (χ2n) is 7.90. The predicted molar refractivity (Wildman–Crippen MR) is 131 cm³/mol. The average Bonchev–Trinajstić information content (AvgIpc) is 2.87. The third-order valence-corrected chi connectivity index (χ3v) is 5.65. The molecule has 4 rings (SSSR count). The largest absolute Gasteiger partial charge is 0.497 e. The fourth-order valence-corrected chi connectivity index (χ4v) is 3.87. The van der Waals surface area contributed by atoms with Gasteiger partial charge in [-0.1, -0.05) is 42.0 Å². The highest BCUT2D eigenvalue weighted by Gasteiger charge is 2.33. The molecule has 176 valence electrons. The zero-order valence-electron chi connectivity index (χ0n) is 19.6. The highest BCUT2D eigenvalue weighted by Crippen LogP contribution is 2.46. The number of benzene rings is 3. The number of allylic oxidation sites excluding steroid dienone is 1. The molecule has 0 radical (unpaired) electrons. The lowest BCUT2D eigenvalue weighted by Crippen LogP contribution is -2.21. The van der Waals surface area contributed by atoms with Crippen LogP contribution in [0.15, 0.2) is 78.2 Å². The number of nitriles is 1. The molecule has 0 bridgehead atoms. The molecule has 1 unspecified atom stereocenters. The first kappa shape index (κ1) is 23.5. The summed E-state index contributed by atoms with van der Waals surface area (Å²) in [5.41, 5.74) is 9.80. The lowest BCUT2D eigenvalue weighted by atomic mass is 9.83. The lowest BCUT2D eigenvalue weighted by Gasteiger charge is -2.27. The monoisotopic (exact) mass is 468 g/mol. The Bertz CT molecular complexity index is 1370. The van der Waals surface area contributed by atoms with Gasteiger partial charge in [0.05, 0.1) is 20.1 Å². The summed E-state index contributed by atoms with van der Waals surface area (Å²) in [5, 5.41) is 9.81. The Kier molecular flexibility index (Phi) is 6.74. The standard InChI is InChI=1S/C28H24N2O5/c1-17-4-6-18(7-5-17)8-13-26(31)34-20-10-12-22-25(15-20)35-28(30)23(16-29)27(22)21-11-9-19(32-2)14-24(21)33-3/h4-15,27H,30H2,1-3H3/b13-8+. The van der Waals surface area contributed by atoms with E-state index in [1.165, 1.54) is 6.08 Å². The normalized spacial score (nSPS) is 14.6. The van der Waals surface area contributed by atoms with Crippen molar-refractivity contribution < 1.29 is 23.7 Å². The molecule has 7 heteroatoms. The van der Waals surface area contributed by atoms with E-state index in [2.05, 4.69) is 6.07 Å². The lowest BCUT2D eigenvalue weighted by molar-refractivity contribution is -0.128. The van der Waals surface area contributed by atoms with Crippen LogP contribution in [0.1, 0.15) is 28.2 Å². The maximum atomic E-state index is 12.4. The summed E-state index contributed by atoms with van der Waals surface area (Å²) in [7, 11) is 3.11. The van der Waals surface area contributed by atoms with Gasteiger partial charge in [-0.2, -0.15) is 5.26 Å². The molecule has 0 aliphatic carbocycles. The van der Waals surface area contributed by atoms with Crippen LogP contribution in [0.2, 0.25) is 0 Å². The molecule has 1 atom stereocenters. The number of hydrogen-bond donors (Lipinski definition) is 1. The summed E-state index contributed by atoms with van der Waals surface area (Å²) < 4.78 is 22.0. The van der Waals surface area contributed by atoms with Crippen molar-refractivity contribution >= 4 is 12.0 Å². The molecule has 3 aromatic carbocycles. The van der Waals surface area contributed by atoms with Crippen molar-refractivity contribution in [2.24, 2.45) is 5.73 Å². The van der Waals surface area contributed by atoms with E-state index in [1.54, 1.807) is 50.6 Å². The summed E-state index contributed by atoms with van der Waals surface area (Å²) >= 11 is 0. The molecule has 0 saturated carbocycles. The van der Waals surface area contributed by atoms with Gasteiger partial charge < -0.3 is 24.7 Å². The van der Waals surface area contributed by atoms with Gasteiger partial charge in [0, 0.05) is 29.3 Å². The summed E-state index contributed by atoms with van der Waals surface area (Å²) in [4.78, 5) is 12.4. The summed E-state index contributed by atoms with van der Waals surface area (Å²) in [6.45, 7) is 2.00. The van der Waals surface area contributed by atoms with Crippen LogP contribution in [0.5, 0.6) is 23.0 Å². The number of hydrogen-bond acceptors (Lipinski definition) is 7. The highest BCUT2D eigenvalue weighted by atomic mass is 16.5. The van der Waals surface area contributed by atoms with Gasteiger partial charge in [0.25, 0.3) is 0 Å². The Balaban J connectivity index is 1.64. The molecule has 0 spiro atoms. The Morgan fingerprint density at radius 1 is 1.00 bits per heavy atom. The van der Waals surface area contributed by atoms with Crippen LogP contribution in [0, 0.1) is 18.3 Å². The Hall–Kier alpha value is -4.70. The Morgan fingerprint density at radius 2 is 1.71 bits per heavy atom. The van der Waals surface area contributed by atoms with Crippen LogP contribution < -0.4 is 24.7 Å². The van der Waals surface area contributed by atoms with Gasteiger partial charge in [-0.3, -0.25) is 0 Å². The molecule has 0 aromatic heterocycles. The van der Waals surface area contributed by atoms with E-state index < -0.39 is 11.9 Å². The number of ether oxygens (including phenoxy) is 4. The molecular weight excluding hydrogens is 444 g/mol. The number of aryl methyl sites for hydroxylation is 1. The number of carbonyl (C=O) groups excluding carboxylic acids is 1. The number of nitrogens with two attached hydrogens (primary N) is 1. The van der Waals surface area contributed by atoms with Crippen LogP contribution in [0.25, 0.3) is 6.08 Å². The zero-order chi connectivity index (χ0) is 24.9. The molecule has 1 aliphatic rings. The fourth-order valence-electron chi connectivity index (χ4n) is 3.87. The van der Waals surface area contributed by atoms with Crippen molar-refractivity contribution in [1.82, 2.24) is 0 Å². The first-order valence-electron chi connectivity index (χ1n) is 10.8. The number of fused-ring (bicyclic) bond motifs is 1. The minimum absolute atomic E-state index is 0.0226. The molecule has 0 saturated heterocycles. The molecule has 0 amide bonds. The number of methoxy groups -OCH3 is 2. The molecule has 1 heterocycles. The molecule has 2 N–H and O–H groups in total. The van der Waals surface area contributed by atoms with Crippen LogP contribution in [0.3, 0.4) is 0 Å². The fraction of sp³-hybridized carbons (Fsp3) is 0.143. The first-order valence-corrected chi connectivity index (χ1v) is 10.8. The van der Waals surface area contributed by atoms with E-state index >= 15 is 0 Å². The van der Waals surface area contributed by atoms with E-state index in [0.717, 1.165) is 16.7 Å². The molecule has 1 aliphatic heterocycles. The van der Waals surface area contributed by atoms with Crippen molar-refractivity contribution in [1.29, 1.82) is 5.26 Å². The smallest absolute Gasteiger partial charge is 0.336 e. The minimum atomic E-state index is -0.532. The number of esters is 1. The van der Waals surface area contributed by atoms with Gasteiger partial charge in [0.1, 0.15) is 34.6 Å². The van der Waals surface area contributed by atoms with Gasteiger partial charge in [-0.25, -0.2) is 4.79 Å². The van der Waals surface area contributed by atoms with Gasteiger partial charge in [0.2, 0.25) is 5.88 Å². The Morgan fingerprint density at radius 3 is 2.40 bits per heavy atom. The molecule has 3 aromatic rings. The van der Waals surface area contributed by atoms with Crippen molar-refractivity contribution in [3.05, 3.63) is 100 Å². The van der Waals surface area contributed by atoms with Gasteiger partial charge in [-0.05, 0) is 30.7 Å². The number of nitrogens with zero attached hydrogens (tertiary/aromatic N) is 1. The van der Waals surface area contributed by atoms with E-state index in [9.17, 15) is 10.1 Å². The molecule has 35 heavy (non-hydrogen) atoms. The molecule has 7 nitrogen and oxygen atoms in total. The number of carbonyl (C=O) groups is 1. The average molecular weight is 469 g/mol. The van der Waals surface area contributed by atoms with Crippen LogP contribution in [-0.4, -0.2) is 20.2 Å². The van der Waals surface area contributed by atoms with Crippen LogP contribution in [-0.2, 0) is 4.79 Å². The quantitative estimate of drug-likeness (QED) is 0.313. The second kappa shape index (κ2) is 10.1. The second-order valence-corrected chi connectivity index (χ2v) is 7.90.